The second kappa shape index (κ2) is 9.97. The number of aliphatic hydroxyl groups is 1. The van der Waals surface area contributed by atoms with Crippen LogP contribution in [-0.2, 0) is 36.9 Å². The Bertz CT molecular complexity index is 876. The Morgan fingerprint density at radius 2 is 1.56 bits per heavy atom. The van der Waals surface area contributed by atoms with Crippen molar-refractivity contribution in [2.75, 3.05) is 6.61 Å². The number of aliphatic hydroxyl groups excluding tert-OH is 1. The van der Waals surface area contributed by atoms with Crippen LogP contribution in [-0.4, -0.2) is 54.2 Å². The number of ether oxygens (including phenoxy) is 5. The molecule has 0 unspecified atom stereocenters. The highest BCUT2D eigenvalue weighted by Crippen LogP contribution is 2.38. The molecule has 32 heavy (non-hydrogen) atoms. The number of alkyl carbamates (subject to hydrolysis) is 1. The van der Waals surface area contributed by atoms with Crippen molar-refractivity contribution < 1.29 is 33.6 Å². The van der Waals surface area contributed by atoms with E-state index >= 15 is 0 Å². The Kier molecular flexibility index (Phi) is 7.07. The first-order chi connectivity index (χ1) is 15.4. The SMILES string of the molecule is CC1(C)O[C@@H]2[C@@H](OCc3ccccc3)O[C@H](CO)[C@@H](NC(=O)OCc3ccccc3)[C@@H]2O1. The van der Waals surface area contributed by atoms with E-state index in [0.717, 1.165) is 11.1 Å². The highest BCUT2D eigenvalue weighted by atomic mass is 16.8. The van der Waals surface area contributed by atoms with E-state index in [1.165, 1.54) is 0 Å². The van der Waals surface area contributed by atoms with Gasteiger partial charge in [0.25, 0.3) is 0 Å². The van der Waals surface area contributed by atoms with Gasteiger partial charge in [0, 0.05) is 0 Å². The molecule has 0 radical (unpaired) electrons. The highest BCUT2D eigenvalue weighted by molar-refractivity contribution is 5.67. The molecule has 2 heterocycles. The van der Waals surface area contributed by atoms with Crippen molar-refractivity contribution >= 4 is 6.09 Å². The molecule has 172 valence electrons. The normalized spacial score (nSPS) is 28.7. The summed E-state index contributed by atoms with van der Waals surface area (Å²) in [6.07, 6.45) is -3.31. The molecule has 2 aliphatic rings. The number of nitrogens with one attached hydrogen (secondary N) is 1. The predicted octanol–water partition coefficient (Wildman–Crippen LogP) is 2.74. The van der Waals surface area contributed by atoms with E-state index in [9.17, 15) is 9.90 Å². The number of carbonyl (C=O) groups is 1. The second-order valence-electron chi connectivity index (χ2n) is 8.32. The number of hydrogen-bond acceptors (Lipinski definition) is 7. The van der Waals surface area contributed by atoms with Crippen LogP contribution in [0, 0.1) is 0 Å². The van der Waals surface area contributed by atoms with Crippen LogP contribution in [0.1, 0.15) is 25.0 Å². The molecule has 5 atom stereocenters. The number of fused-ring (bicyclic) bond motifs is 1. The summed E-state index contributed by atoms with van der Waals surface area (Å²) in [4.78, 5) is 12.5. The lowest BCUT2D eigenvalue weighted by Crippen LogP contribution is -2.63. The molecule has 2 saturated heterocycles. The van der Waals surface area contributed by atoms with Gasteiger partial charge in [-0.2, -0.15) is 0 Å². The first-order valence-electron chi connectivity index (χ1n) is 10.7. The maximum Gasteiger partial charge on any atom is 0.407 e. The van der Waals surface area contributed by atoms with E-state index in [-0.39, 0.29) is 13.2 Å². The molecule has 0 saturated carbocycles. The van der Waals surface area contributed by atoms with Crippen molar-refractivity contribution in [1.29, 1.82) is 0 Å². The van der Waals surface area contributed by atoms with Crippen molar-refractivity contribution in [2.45, 2.75) is 63.5 Å². The van der Waals surface area contributed by atoms with E-state index in [1.807, 2.05) is 60.7 Å². The first kappa shape index (κ1) is 22.7. The maximum absolute atomic E-state index is 12.5. The fraction of sp³-hybridized carbons (Fsp3) is 0.458. The van der Waals surface area contributed by atoms with E-state index in [4.69, 9.17) is 23.7 Å². The van der Waals surface area contributed by atoms with Gasteiger partial charge < -0.3 is 34.1 Å². The van der Waals surface area contributed by atoms with Crippen LogP contribution >= 0.6 is 0 Å². The molecular formula is C24H29NO7. The van der Waals surface area contributed by atoms with Gasteiger partial charge in [0.2, 0.25) is 0 Å². The number of rotatable bonds is 7. The zero-order valence-corrected chi connectivity index (χ0v) is 18.2. The largest absolute Gasteiger partial charge is 0.445 e. The predicted molar refractivity (Wildman–Crippen MR) is 114 cm³/mol. The minimum atomic E-state index is -0.898. The number of carbonyl (C=O) groups excluding carboxylic acids is 1. The maximum atomic E-state index is 12.5. The molecule has 8 nitrogen and oxygen atoms in total. The quantitative estimate of drug-likeness (QED) is 0.679. The minimum absolute atomic E-state index is 0.129. The van der Waals surface area contributed by atoms with E-state index in [0.29, 0.717) is 6.61 Å². The topological polar surface area (TPSA) is 95.5 Å². The molecule has 1 amide bonds. The van der Waals surface area contributed by atoms with Gasteiger partial charge in [-0.05, 0) is 25.0 Å². The summed E-state index contributed by atoms with van der Waals surface area (Å²) < 4.78 is 29.4. The van der Waals surface area contributed by atoms with Crippen LogP contribution < -0.4 is 5.32 Å². The van der Waals surface area contributed by atoms with E-state index < -0.39 is 42.5 Å². The summed E-state index contributed by atoms with van der Waals surface area (Å²) in [6, 6.07) is 18.4. The smallest absolute Gasteiger partial charge is 0.407 e. The second-order valence-corrected chi connectivity index (χ2v) is 8.32. The van der Waals surface area contributed by atoms with E-state index in [2.05, 4.69) is 5.32 Å². The Morgan fingerprint density at radius 3 is 2.19 bits per heavy atom. The Balaban J connectivity index is 1.43. The van der Waals surface area contributed by atoms with Crippen LogP contribution in [0.4, 0.5) is 4.79 Å². The fourth-order valence-electron chi connectivity index (χ4n) is 3.97. The van der Waals surface area contributed by atoms with Crippen molar-refractivity contribution in [2.24, 2.45) is 0 Å². The molecule has 0 spiro atoms. The number of benzene rings is 2. The van der Waals surface area contributed by atoms with Crippen LogP contribution in [0.5, 0.6) is 0 Å². The Hall–Kier alpha value is -2.49. The third kappa shape index (κ3) is 5.46. The number of hydrogen-bond donors (Lipinski definition) is 2. The zero-order chi connectivity index (χ0) is 22.6. The summed E-state index contributed by atoms with van der Waals surface area (Å²) in [5.74, 6) is -0.898. The molecule has 0 aliphatic carbocycles. The average molecular weight is 443 g/mol. The average Bonchev–Trinajstić information content (AvgIpc) is 3.14. The molecule has 0 bridgehead atoms. The number of amides is 1. The molecule has 2 fully saturated rings. The van der Waals surface area contributed by atoms with Gasteiger partial charge in [-0.1, -0.05) is 60.7 Å². The van der Waals surface area contributed by atoms with Gasteiger partial charge in [-0.3, -0.25) is 0 Å². The lowest BCUT2D eigenvalue weighted by atomic mass is 9.96. The minimum Gasteiger partial charge on any atom is -0.445 e. The van der Waals surface area contributed by atoms with Gasteiger partial charge >= 0.3 is 6.09 Å². The van der Waals surface area contributed by atoms with Crippen molar-refractivity contribution in [1.82, 2.24) is 5.32 Å². The molecular weight excluding hydrogens is 414 g/mol. The molecule has 2 aliphatic heterocycles. The summed E-state index contributed by atoms with van der Waals surface area (Å²) in [6.45, 7) is 3.69. The van der Waals surface area contributed by atoms with Gasteiger partial charge in [-0.15, -0.1) is 0 Å². The molecule has 2 aromatic rings. The lowest BCUT2D eigenvalue weighted by molar-refractivity contribution is -0.265. The monoisotopic (exact) mass is 443 g/mol. The van der Waals surface area contributed by atoms with Crippen LogP contribution in [0.3, 0.4) is 0 Å². The van der Waals surface area contributed by atoms with Crippen LogP contribution in [0.2, 0.25) is 0 Å². The summed E-state index contributed by atoms with van der Waals surface area (Å²) in [7, 11) is 0. The summed E-state index contributed by atoms with van der Waals surface area (Å²) >= 11 is 0. The van der Waals surface area contributed by atoms with Crippen LogP contribution in [0.15, 0.2) is 60.7 Å². The van der Waals surface area contributed by atoms with Gasteiger partial charge in [0.15, 0.2) is 12.1 Å². The Morgan fingerprint density at radius 1 is 0.969 bits per heavy atom. The lowest BCUT2D eigenvalue weighted by Gasteiger charge is -2.41. The van der Waals surface area contributed by atoms with Crippen molar-refractivity contribution in [3.63, 3.8) is 0 Å². The van der Waals surface area contributed by atoms with Crippen LogP contribution in [0.25, 0.3) is 0 Å². The summed E-state index contributed by atoms with van der Waals surface area (Å²) in [5, 5.41) is 12.8. The molecule has 0 aromatic heterocycles. The van der Waals surface area contributed by atoms with Gasteiger partial charge in [0.05, 0.1) is 19.3 Å². The molecule has 4 rings (SSSR count). The van der Waals surface area contributed by atoms with Crippen molar-refractivity contribution in [3.8, 4) is 0 Å². The van der Waals surface area contributed by atoms with Crippen molar-refractivity contribution in [3.05, 3.63) is 71.8 Å². The standard InChI is InChI=1S/C24H29NO7/c1-24(2)31-20-19(25-23(27)29-15-17-11-7-4-8-12-17)18(13-26)30-22(21(20)32-24)28-14-16-9-5-3-6-10-16/h3-12,18-22,26H,13-15H2,1-2H3,(H,25,27)/t18-,19-,20+,21+,22+/m1/s1. The zero-order valence-electron chi connectivity index (χ0n) is 18.2. The van der Waals surface area contributed by atoms with Gasteiger partial charge in [-0.25, -0.2) is 4.79 Å². The van der Waals surface area contributed by atoms with E-state index in [1.54, 1.807) is 13.8 Å². The molecule has 2 aromatic carbocycles. The third-order valence-electron chi connectivity index (χ3n) is 5.43. The Labute approximate surface area is 187 Å². The molecule has 2 N–H and O–H groups in total. The highest BCUT2D eigenvalue weighted by Gasteiger charge is 2.56. The summed E-state index contributed by atoms with van der Waals surface area (Å²) in [5.41, 5.74) is 1.85. The third-order valence-corrected chi connectivity index (χ3v) is 5.43. The fourth-order valence-corrected chi connectivity index (χ4v) is 3.97. The van der Waals surface area contributed by atoms with Gasteiger partial charge in [0.1, 0.15) is 24.9 Å². The molecule has 8 heteroatoms. The first-order valence-corrected chi connectivity index (χ1v) is 10.7.